The van der Waals surface area contributed by atoms with Gasteiger partial charge in [-0.2, -0.15) is 5.26 Å². The highest BCUT2D eigenvalue weighted by atomic mass is 35.5. The number of halogens is 2. The predicted molar refractivity (Wildman–Crippen MR) is 70.0 cm³/mol. The molecule has 2 unspecified atom stereocenters. The van der Waals surface area contributed by atoms with Gasteiger partial charge in [0.2, 0.25) is 0 Å². The first-order chi connectivity index (χ1) is 8.20. The predicted octanol–water partition coefficient (Wildman–Crippen LogP) is 3.78. The van der Waals surface area contributed by atoms with Crippen molar-refractivity contribution >= 4 is 23.2 Å². The van der Waals surface area contributed by atoms with E-state index < -0.39 is 0 Å². The summed E-state index contributed by atoms with van der Waals surface area (Å²) in [7, 11) is 0. The van der Waals surface area contributed by atoms with Gasteiger partial charge in [0.25, 0.3) is 0 Å². The Bertz CT molecular complexity index is 440. The summed E-state index contributed by atoms with van der Waals surface area (Å²) in [5.74, 6) is 0.151. The molecule has 2 atom stereocenters. The van der Waals surface area contributed by atoms with Crippen molar-refractivity contribution in [3.8, 4) is 6.07 Å². The average Bonchev–Trinajstić information content (AvgIpc) is 2.78. The van der Waals surface area contributed by atoms with Crippen LogP contribution in [0.4, 0.5) is 0 Å². The average molecular weight is 269 g/mol. The van der Waals surface area contributed by atoms with Gasteiger partial charge in [0.1, 0.15) is 0 Å². The van der Waals surface area contributed by atoms with Crippen molar-refractivity contribution in [2.45, 2.75) is 31.8 Å². The summed E-state index contributed by atoms with van der Waals surface area (Å²) in [5, 5.41) is 13.6. The quantitative estimate of drug-likeness (QED) is 0.906. The molecular formula is C13H14Cl2N2. The van der Waals surface area contributed by atoms with Gasteiger partial charge < -0.3 is 5.32 Å². The fourth-order valence-electron chi connectivity index (χ4n) is 2.26. The van der Waals surface area contributed by atoms with Crippen molar-refractivity contribution in [2.24, 2.45) is 5.92 Å². The highest BCUT2D eigenvalue weighted by Gasteiger charge is 2.26. The maximum Gasteiger partial charge on any atom is 0.0672 e. The van der Waals surface area contributed by atoms with Crippen LogP contribution in [0.25, 0.3) is 0 Å². The molecule has 1 fully saturated rings. The summed E-state index contributed by atoms with van der Waals surface area (Å²) >= 11 is 11.8. The molecule has 1 aromatic carbocycles. The molecular weight excluding hydrogens is 255 g/mol. The summed E-state index contributed by atoms with van der Waals surface area (Å²) in [5.41, 5.74) is 1.10. The van der Waals surface area contributed by atoms with Gasteiger partial charge in [-0.05, 0) is 30.5 Å². The summed E-state index contributed by atoms with van der Waals surface area (Å²) in [6.07, 6.45) is 3.23. The number of hydrogen-bond acceptors (Lipinski definition) is 2. The highest BCUT2D eigenvalue weighted by Crippen LogP contribution is 2.26. The van der Waals surface area contributed by atoms with Gasteiger partial charge in [-0.25, -0.2) is 0 Å². The minimum atomic E-state index is 0.151. The Labute approximate surface area is 112 Å². The number of nitriles is 1. The first kappa shape index (κ1) is 12.7. The van der Waals surface area contributed by atoms with Crippen LogP contribution in [0.2, 0.25) is 10.0 Å². The lowest BCUT2D eigenvalue weighted by atomic mass is 10.1. The molecule has 0 saturated heterocycles. The molecule has 1 saturated carbocycles. The molecule has 0 amide bonds. The zero-order valence-electron chi connectivity index (χ0n) is 9.42. The van der Waals surface area contributed by atoms with E-state index in [1.807, 2.05) is 12.1 Å². The van der Waals surface area contributed by atoms with Crippen molar-refractivity contribution in [1.82, 2.24) is 5.32 Å². The van der Waals surface area contributed by atoms with E-state index in [4.69, 9.17) is 28.5 Å². The van der Waals surface area contributed by atoms with E-state index in [1.165, 1.54) is 0 Å². The van der Waals surface area contributed by atoms with Gasteiger partial charge in [0.05, 0.1) is 22.0 Å². The van der Waals surface area contributed by atoms with Gasteiger partial charge in [-0.1, -0.05) is 35.7 Å². The third-order valence-corrected chi connectivity index (χ3v) is 3.97. The highest BCUT2D eigenvalue weighted by molar-refractivity contribution is 6.42. The minimum Gasteiger partial charge on any atom is -0.309 e. The number of nitrogens with one attached hydrogen (secondary N) is 1. The Morgan fingerprint density at radius 1 is 1.29 bits per heavy atom. The normalized spacial score (nSPS) is 23.6. The standard InChI is InChI=1S/C13H14Cl2N2/c14-11-5-4-9(6-12(11)15)8-17-13-3-1-2-10(13)7-16/h4-6,10,13,17H,1-3,8H2. The van der Waals surface area contributed by atoms with Crippen molar-refractivity contribution in [3.63, 3.8) is 0 Å². The molecule has 2 rings (SSSR count). The maximum atomic E-state index is 8.99. The first-order valence-corrected chi connectivity index (χ1v) is 6.53. The van der Waals surface area contributed by atoms with E-state index in [2.05, 4.69) is 11.4 Å². The molecule has 0 aliphatic heterocycles. The van der Waals surface area contributed by atoms with Crippen molar-refractivity contribution in [2.75, 3.05) is 0 Å². The molecule has 0 aromatic heterocycles. The smallest absolute Gasteiger partial charge is 0.0672 e. The largest absolute Gasteiger partial charge is 0.309 e. The molecule has 0 heterocycles. The monoisotopic (exact) mass is 268 g/mol. The van der Waals surface area contributed by atoms with E-state index in [0.29, 0.717) is 16.1 Å². The van der Waals surface area contributed by atoms with Crippen LogP contribution in [0.1, 0.15) is 24.8 Å². The number of rotatable bonds is 3. The molecule has 2 nitrogen and oxygen atoms in total. The molecule has 1 N–H and O–H groups in total. The van der Waals surface area contributed by atoms with Crippen LogP contribution < -0.4 is 5.32 Å². The molecule has 1 aliphatic carbocycles. The van der Waals surface area contributed by atoms with Crippen LogP contribution in [-0.2, 0) is 6.54 Å². The third kappa shape index (κ3) is 3.13. The molecule has 1 aliphatic rings. The molecule has 1 aromatic rings. The molecule has 0 radical (unpaired) electrons. The summed E-state index contributed by atoms with van der Waals surface area (Å²) in [4.78, 5) is 0. The van der Waals surface area contributed by atoms with E-state index in [9.17, 15) is 0 Å². The SMILES string of the molecule is N#CC1CCCC1NCc1ccc(Cl)c(Cl)c1. The lowest BCUT2D eigenvalue weighted by Gasteiger charge is -2.15. The second kappa shape index (κ2) is 5.73. The van der Waals surface area contributed by atoms with Crippen molar-refractivity contribution < 1.29 is 0 Å². The van der Waals surface area contributed by atoms with Crippen LogP contribution >= 0.6 is 23.2 Å². The van der Waals surface area contributed by atoms with E-state index in [0.717, 1.165) is 31.4 Å². The zero-order chi connectivity index (χ0) is 12.3. The Morgan fingerprint density at radius 3 is 2.82 bits per heavy atom. The molecule has 0 spiro atoms. The topological polar surface area (TPSA) is 35.8 Å². The van der Waals surface area contributed by atoms with Crippen molar-refractivity contribution in [1.29, 1.82) is 5.26 Å². The summed E-state index contributed by atoms with van der Waals surface area (Å²) < 4.78 is 0. The molecule has 17 heavy (non-hydrogen) atoms. The lowest BCUT2D eigenvalue weighted by molar-refractivity contribution is 0.464. The Balaban J connectivity index is 1.93. The fraction of sp³-hybridized carbons (Fsp3) is 0.462. The third-order valence-electron chi connectivity index (χ3n) is 3.23. The Kier molecular flexibility index (Phi) is 4.28. The van der Waals surface area contributed by atoms with Gasteiger partial charge in [0, 0.05) is 12.6 Å². The van der Waals surface area contributed by atoms with Crippen LogP contribution in [-0.4, -0.2) is 6.04 Å². The van der Waals surface area contributed by atoms with Crippen LogP contribution in [0.15, 0.2) is 18.2 Å². The minimum absolute atomic E-state index is 0.151. The van der Waals surface area contributed by atoms with Gasteiger partial charge in [-0.3, -0.25) is 0 Å². The molecule has 0 bridgehead atoms. The maximum absolute atomic E-state index is 8.99. The van der Waals surface area contributed by atoms with Crippen LogP contribution in [0.5, 0.6) is 0 Å². The molecule has 4 heteroatoms. The lowest BCUT2D eigenvalue weighted by Crippen LogP contribution is -2.31. The van der Waals surface area contributed by atoms with E-state index in [-0.39, 0.29) is 5.92 Å². The van der Waals surface area contributed by atoms with Gasteiger partial charge in [-0.15, -0.1) is 0 Å². The fourth-order valence-corrected chi connectivity index (χ4v) is 2.58. The number of hydrogen-bond donors (Lipinski definition) is 1. The van der Waals surface area contributed by atoms with E-state index >= 15 is 0 Å². The van der Waals surface area contributed by atoms with Gasteiger partial charge >= 0.3 is 0 Å². The Morgan fingerprint density at radius 2 is 2.12 bits per heavy atom. The first-order valence-electron chi connectivity index (χ1n) is 5.77. The number of benzene rings is 1. The van der Waals surface area contributed by atoms with Crippen LogP contribution in [0.3, 0.4) is 0 Å². The summed E-state index contributed by atoms with van der Waals surface area (Å²) in [6.45, 7) is 0.736. The Hall–Kier alpha value is -0.750. The second-order valence-corrected chi connectivity index (χ2v) is 5.22. The summed E-state index contributed by atoms with van der Waals surface area (Å²) in [6, 6.07) is 8.30. The molecule has 90 valence electrons. The van der Waals surface area contributed by atoms with Crippen molar-refractivity contribution in [3.05, 3.63) is 33.8 Å². The van der Waals surface area contributed by atoms with Crippen LogP contribution in [0, 0.1) is 17.2 Å². The second-order valence-electron chi connectivity index (χ2n) is 4.40. The number of nitrogens with zero attached hydrogens (tertiary/aromatic N) is 1. The van der Waals surface area contributed by atoms with E-state index in [1.54, 1.807) is 6.07 Å². The zero-order valence-corrected chi connectivity index (χ0v) is 10.9. The van der Waals surface area contributed by atoms with Gasteiger partial charge in [0.15, 0.2) is 0 Å².